The van der Waals surface area contributed by atoms with Crippen molar-refractivity contribution in [1.29, 1.82) is 0 Å². The molecule has 0 radical (unpaired) electrons. The summed E-state index contributed by atoms with van der Waals surface area (Å²) in [6.07, 6.45) is 10.3. The van der Waals surface area contributed by atoms with E-state index in [1.54, 1.807) is 22.9 Å². The first kappa shape index (κ1) is 20.7. The zero-order valence-corrected chi connectivity index (χ0v) is 18.4. The van der Waals surface area contributed by atoms with E-state index in [0.29, 0.717) is 17.3 Å². The minimum absolute atomic E-state index is 0.0193. The summed E-state index contributed by atoms with van der Waals surface area (Å²) in [5.74, 6) is -1.04. The number of hydrogen-bond acceptors (Lipinski definition) is 5. The van der Waals surface area contributed by atoms with Crippen LogP contribution in [-0.4, -0.2) is 39.7 Å². The number of carbonyl (C=O) groups is 1. The maximum atomic E-state index is 14.4. The fourth-order valence-electron chi connectivity index (χ4n) is 3.96. The minimum atomic E-state index is -0.606. The maximum Gasteiger partial charge on any atom is 0.273 e. The number of carbonyl (C=O) groups excluding carboxylic acids is 1. The third-order valence-corrected chi connectivity index (χ3v) is 6.10. The van der Waals surface area contributed by atoms with Crippen LogP contribution < -0.4 is 5.32 Å². The summed E-state index contributed by atoms with van der Waals surface area (Å²) in [6, 6.07) is 2.97. The van der Waals surface area contributed by atoms with Crippen LogP contribution >= 0.6 is 11.6 Å². The van der Waals surface area contributed by atoms with Crippen LogP contribution in [0.1, 0.15) is 46.2 Å². The Hall–Kier alpha value is -3.86. The van der Waals surface area contributed by atoms with Gasteiger partial charge in [0, 0.05) is 18.6 Å². The standard InChI is InChI=1S/C22H17ClF2N8O/c23-15-3-4-31-11-27-17(20(31)19(15)25)6-26-22(34)18-10-33(30-29-18)9-14-8-32-7-13(12-1-2-12)5-16(24)21(32)28-14/h3-5,7-8,10-12H,1-2,6,9H2,(H,26,34). The Morgan fingerprint density at radius 3 is 2.88 bits per heavy atom. The highest BCUT2D eigenvalue weighted by atomic mass is 35.5. The number of nitrogens with zero attached hydrogens (tertiary/aromatic N) is 7. The Morgan fingerprint density at radius 2 is 2.06 bits per heavy atom. The SMILES string of the molecule is O=C(NCc1ncn2ccc(Cl)c(F)c12)c1cn(Cc2cn3cc(C4CC4)cc(F)c3n2)nn1. The molecule has 1 N–H and O–H groups in total. The molecular weight excluding hydrogens is 466 g/mol. The van der Waals surface area contributed by atoms with Crippen molar-refractivity contribution in [3.05, 3.63) is 82.5 Å². The molecule has 1 saturated carbocycles. The Labute approximate surface area is 196 Å². The number of hydrogen-bond donors (Lipinski definition) is 1. The van der Waals surface area contributed by atoms with E-state index in [2.05, 4.69) is 25.6 Å². The topological polar surface area (TPSA) is 94.4 Å². The number of halogens is 3. The third-order valence-electron chi connectivity index (χ3n) is 5.81. The highest BCUT2D eigenvalue weighted by molar-refractivity contribution is 6.31. The fourth-order valence-corrected chi connectivity index (χ4v) is 4.10. The molecule has 0 spiro atoms. The second-order valence-corrected chi connectivity index (χ2v) is 8.67. The number of pyridine rings is 2. The molecule has 0 bridgehead atoms. The van der Waals surface area contributed by atoms with Crippen LogP contribution in [0.5, 0.6) is 0 Å². The molecule has 1 aliphatic carbocycles. The quantitative estimate of drug-likeness (QED) is 0.400. The normalized spacial score (nSPS) is 13.7. The van der Waals surface area contributed by atoms with Gasteiger partial charge in [-0.15, -0.1) is 5.10 Å². The van der Waals surface area contributed by atoms with Gasteiger partial charge in [0.2, 0.25) is 0 Å². The molecule has 1 aliphatic rings. The van der Waals surface area contributed by atoms with Gasteiger partial charge in [-0.3, -0.25) is 4.79 Å². The van der Waals surface area contributed by atoms with Crippen molar-refractivity contribution in [2.24, 2.45) is 0 Å². The zero-order valence-electron chi connectivity index (χ0n) is 17.6. The number of nitrogens with one attached hydrogen (secondary N) is 1. The van der Waals surface area contributed by atoms with Crippen LogP contribution in [0.4, 0.5) is 8.78 Å². The summed E-state index contributed by atoms with van der Waals surface area (Å²) in [6.45, 7) is 0.198. The van der Waals surface area contributed by atoms with Gasteiger partial charge in [0.25, 0.3) is 5.91 Å². The average molecular weight is 483 g/mol. The van der Waals surface area contributed by atoms with E-state index in [-0.39, 0.29) is 40.8 Å². The molecule has 5 aromatic rings. The zero-order chi connectivity index (χ0) is 23.4. The summed E-state index contributed by atoms with van der Waals surface area (Å²) in [7, 11) is 0. The van der Waals surface area contributed by atoms with Gasteiger partial charge in [-0.1, -0.05) is 16.8 Å². The molecule has 34 heavy (non-hydrogen) atoms. The van der Waals surface area contributed by atoms with E-state index < -0.39 is 11.7 Å². The van der Waals surface area contributed by atoms with Crippen LogP contribution in [0, 0.1) is 11.6 Å². The molecule has 0 saturated heterocycles. The lowest BCUT2D eigenvalue weighted by Crippen LogP contribution is -2.23. The summed E-state index contributed by atoms with van der Waals surface area (Å²) in [5, 5.41) is 10.5. The number of aromatic nitrogens is 7. The molecule has 1 fully saturated rings. The van der Waals surface area contributed by atoms with Gasteiger partial charge in [-0.25, -0.2) is 23.4 Å². The van der Waals surface area contributed by atoms with E-state index >= 15 is 0 Å². The van der Waals surface area contributed by atoms with Crippen LogP contribution in [0.25, 0.3) is 11.2 Å². The maximum absolute atomic E-state index is 14.4. The van der Waals surface area contributed by atoms with Crippen molar-refractivity contribution in [3.63, 3.8) is 0 Å². The smallest absolute Gasteiger partial charge is 0.273 e. The molecule has 0 aromatic carbocycles. The first-order chi connectivity index (χ1) is 16.5. The lowest BCUT2D eigenvalue weighted by Gasteiger charge is -2.03. The first-order valence-corrected chi connectivity index (χ1v) is 11.0. The number of rotatable bonds is 6. The average Bonchev–Trinajstić information content (AvgIpc) is 3.22. The van der Waals surface area contributed by atoms with Gasteiger partial charge >= 0.3 is 0 Å². The number of imidazole rings is 2. The highest BCUT2D eigenvalue weighted by Gasteiger charge is 2.25. The Morgan fingerprint density at radius 1 is 1.21 bits per heavy atom. The Kier molecular flexibility index (Phi) is 4.80. The summed E-state index contributed by atoms with van der Waals surface area (Å²) >= 11 is 5.85. The van der Waals surface area contributed by atoms with E-state index in [9.17, 15) is 13.6 Å². The Balaban J connectivity index is 1.16. The summed E-state index contributed by atoms with van der Waals surface area (Å²) in [4.78, 5) is 21.0. The first-order valence-electron chi connectivity index (χ1n) is 10.6. The van der Waals surface area contributed by atoms with E-state index in [1.165, 1.54) is 27.7 Å². The highest BCUT2D eigenvalue weighted by Crippen LogP contribution is 2.40. The van der Waals surface area contributed by atoms with Gasteiger partial charge in [-0.2, -0.15) is 0 Å². The van der Waals surface area contributed by atoms with Crippen LogP contribution in [0.2, 0.25) is 5.02 Å². The van der Waals surface area contributed by atoms with Gasteiger partial charge in [0.15, 0.2) is 23.0 Å². The molecular formula is C22H17ClF2N8O. The van der Waals surface area contributed by atoms with E-state index in [4.69, 9.17) is 11.6 Å². The van der Waals surface area contributed by atoms with Crippen LogP contribution in [0.15, 0.2) is 43.2 Å². The van der Waals surface area contributed by atoms with Gasteiger partial charge in [0.1, 0.15) is 5.52 Å². The van der Waals surface area contributed by atoms with Crippen molar-refractivity contribution >= 4 is 28.7 Å². The van der Waals surface area contributed by atoms with Crippen molar-refractivity contribution in [1.82, 2.24) is 39.1 Å². The van der Waals surface area contributed by atoms with Gasteiger partial charge in [0.05, 0.1) is 42.0 Å². The molecule has 6 rings (SSSR count). The van der Waals surface area contributed by atoms with Crippen molar-refractivity contribution < 1.29 is 13.6 Å². The van der Waals surface area contributed by atoms with Crippen LogP contribution in [0.3, 0.4) is 0 Å². The summed E-state index contributed by atoms with van der Waals surface area (Å²) < 4.78 is 33.4. The molecule has 0 aliphatic heterocycles. The molecule has 12 heteroatoms. The van der Waals surface area contributed by atoms with Crippen molar-refractivity contribution in [3.8, 4) is 0 Å². The third kappa shape index (κ3) is 3.67. The van der Waals surface area contributed by atoms with Crippen molar-refractivity contribution in [2.45, 2.75) is 31.8 Å². The van der Waals surface area contributed by atoms with Gasteiger partial charge < -0.3 is 14.1 Å². The predicted octanol–water partition coefficient (Wildman–Crippen LogP) is 3.36. The molecule has 0 unspecified atom stereocenters. The fraction of sp³-hybridized carbons (Fsp3) is 0.227. The van der Waals surface area contributed by atoms with Crippen LogP contribution in [-0.2, 0) is 13.1 Å². The molecule has 5 heterocycles. The Bertz CT molecular complexity index is 1570. The lowest BCUT2D eigenvalue weighted by molar-refractivity contribution is 0.0945. The molecule has 172 valence electrons. The second-order valence-electron chi connectivity index (χ2n) is 8.27. The second kappa shape index (κ2) is 7.87. The molecule has 9 nitrogen and oxygen atoms in total. The lowest BCUT2D eigenvalue weighted by atomic mass is 10.2. The molecule has 1 amide bonds. The largest absolute Gasteiger partial charge is 0.345 e. The van der Waals surface area contributed by atoms with E-state index in [0.717, 1.165) is 18.4 Å². The van der Waals surface area contributed by atoms with E-state index in [1.807, 2.05) is 6.20 Å². The number of fused-ring (bicyclic) bond motifs is 2. The monoisotopic (exact) mass is 482 g/mol. The molecule has 0 atom stereocenters. The minimum Gasteiger partial charge on any atom is -0.345 e. The molecule has 5 aromatic heterocycles. The van der Waals surface area contributed by atoms with Gasteiger partial charge in [-0.05, 0) is 36.5 Å². The predicted molar refractivity (Wildman–Crippen MR) is 118 cm³/mol. The number of amides is 1. The summed E-state index contributed by atoms with van der Waals surface area (Å²) in [5.41, 5.74) is 2.41. The van der Waals surface area contributed by atoms with Crippen molar-refractivity contribution in [2.75, 3.05) is 0 Å².